The molecule has 29 heavy (non-hydrogen) atoms. The van der Waals surface area contributed by atoms with E-state index in [0.717, 1.165) is 20.1 Å². The number of hydrogen-bond acceptors (Lipinski definition) is 6. The Morgan fingerprint density at radius 2 is 1.97 bits per heavy atom. The molecular weight excluding hydrogens is 594 g/mol. The van der Waals surface area contributed by atoms with Crippen LogP contribution in [0.2, 0.25) is 10.0 Å². The van der Waals surface area contributed by atoms with Crippen molar-refractivity contribution >= 4 is 92.0 Å². The number of anilines is 1. The number of rotatable bonds is 6. The second-order valence-corrected chi connectivity index (χ2v) is 7.88. The lowest BCUT2D eigenvalue weighted by molar-refractivity contribution is 0.304. The zero-order valence-corrected chi connectivity index (χ0v) is 20.7. The van der Waals surface area contributed by atoms with Crippen molar-refractivity contribution in [3.63, 3.8) is 0 Å². The zero-order valence-electron chi connectivity index (χ0n) is 14.4. The quantitative estimate of drug-likeness (QED) is 0.213. The van der Waals surface area contributed by atoms with Crippen LogP contribution in [-0.2, 0) is 6.61 Å². The van der Waals surface area contributed by atoms with Gasteiger partial charge in [-0.3, -0.25) is 0 Å². The highest BCUT2D eigenvalue weighted by molar-refractivity contribution is 9.11. The number of nitrogens with zero attached hydrogens (tertiary/aromatic N) is 4. The summed E-state index contributed by atoms with van der Waals surface area (Å²) in [5, 5.41) is 12.7. The summed E-state index contributed by atoms with van der Waals surface area (Å²) in [6.07, 6.45) is 2.95. The minimum Gasteiger partial charge on any atom is -0.487 e. The highest BCUT2D eigenvalue weighted by Crippen LogP contribution is 2.33. The maximum atomic E-state index is 6.21. The summed E-state index contributed by atoms with van der Waals surface area (Å²) in [5.41, 5.74) is 4.24. The van der Waals surface area contributed by atoms with Crippen LogP contribution in [0.3, 0.4) is 0 Å². The maximum Gasteiger partial charge on any atom is 0.263 e. The van der Waals surface area contributed by atoms with Gasteiger partial charge in [0.15, 0.2) is 0 Å². The van der Waals surface area contributed by atoms with E-state index in [-0.39, 0.29) is 31.4 Å². The van der Waals surface area contributed by atoms with Crippen LogP contribution < -0.4 is 16.0 Å². The molecule has 0 bridgehead atoms. The van der Waals surface area contributed by atoms with Crippen molar-refractivity contribution in [3.05, 3.63) is 66.8 Å². The van der Waals surface area contributed by atoms with Crippen molar-refractivity contribution in [2.75, 3.05) is 11.3 Å². The normalized spacial score (nSPS) is 10.3. The van der Waals surface area contributed by atoms with Crippen LogP contribution in [0.5, 0.6) is 5.75 Å². The molecule has 13 heteroatoms. The van der Waals surface area contributed by atoms with Crippen LogP contribution in [-0.4, -0.2) is 21.1 Å². The molecule has 0 aliphatic carbocycles. The zero-order chi connectivity index (χ0) is 19.4. The van der Waals surface area contributed by atoms with Crippen molar-refractivity contribution in [2.45, 2.75) is 6.61 Å². The third-order valence-corrected chi connectivity index (χ3v) is 5.00. The van der Waals surface area contributed by atoms with Gasteiger partial charge in [0.2, 0.25) is 0 Å². The molecule has 0 saturated carbocycles. The summed E-state index contributed by atoms with van der Waals surface area (Å²) in [4.78, 5) is 0. The molecule has 0 aliphatic rings. The summed E-state index contributed by atoms with van der Waals surface area (Å²) in [7, 11) is 0. The molecular formula is C16H14Br2Cl4N6O. The number of nitrogens with two attached hydrogens (primary N) is 1. The minimum absolute atomic E-state index is 0. The lowest BCUT2D eigenvalue weighted by Gasteiger charge is -2.13. The number of hydrazone groups is 1. The van der Waals surface area contributed by atoms with Crippen LogP contribution in [0.15, 0.2) is 50.7 Å². The Hall–Kier alpha value is -1.23. The van der Waals surface area contributed by atoms with E-state index in [2.05, 4.69) is 52.6 Å². The van der Waals surface area contributed by atoms with Gasteiger partial charge in [-0.15, -0.1) is 35.0 Å². The first kappa shape index (κ1) is 25.8. The number of benzene rings is 2. The number of nitrogens with one attached hydrogen (secondary N) is 1. The molecule has 0 atom stereocenters. The number of ether oxygens (including phenoxy) is 1. The molecule has 0 amide bonds. The first-order valence-corrected chi connectivity index (χ1v) is 9.78. The molecule has 0 unspecified atom stereocenters. The van der Waals surface area contributed by atoms with E-state index in [1.807, 2.05) is 18.2 Å². The lowest BCUT2D eigenvalue weighted by Crippen LogP contribution is -2.10. The van der Waals surface area contributed by atoms with Crippen LogP contribution in [0.25, 0.3) is 0 Å². The molecule has 1 heterocycles. The molecule has 0 spiro atoms. The summed E-state index contributed by atoms with van der Waals surface area (Å²) in [6, 6.07) is 8.99. The maximum absolute atomic E-state index is 6.21. The summed E-state index contributed by atoms with van der Waals surface area (Å²) < 4.78 is 8.80. The molecule has 3 rings (SSSR count). The first-order chi connectivity index (χ1) is 12.9. The molecule has 0 aliphatic heterocycles. The molecule has 7 nitrogen and oxygen atoms in total. The SMILES string of the molecule is Cl.Cl.Nn1cnnc1N/N=C/c1cc(Br)cc(Br)c1OCc1ccc(Cl)cc1Cl. The summed E-state index contributed by atoms with van der Waals surface area (Å²) in [5.74, 6) is 6.53. The van der Waals surface area contributed by atoms with Crippen LogP contribution in [0.4, 0.5) is 5.95 Å². The number of aromatic nitrogens is 3. The topological polar surface area (TPSA) is 90.4 Å². The Balaban J connectivity index is 0.00000210. The van der Waals surface area contributed by atoms with Gasteiger partial charge < -0.3 is 10.6 Å². The number of hydrogen-bond donors (Lipinski definition) is 2. The van der Waals surface area contributed by atoms with Gasteiger partial charge >= 0.3 is 0 Å². The fraction of sp³-hybridized carbons (Fsp3) is 0.0625. The summed E-state index contributed by atoms with van der Waals surface area (Å²) >= 11 is 19.1. The Morgan fingerprint density at radius 3 is 2.62 bits per heavy atom. The van der Waals surface area contributed by atoms with Crippen LogP contribution in [0, 0.1) is 0 Å². The van der Waals surface area contributed by atoms with Crippen molar-refractivity contribution < 1.29 is 4.74 Å². The van der Waals surface area contributed by atoms with E-state index in [1.165, 1.54) is 11.0 Å². The van der Waals surface area contributed by atoms with Gasteiger partial charge in [0, 0.05) is 25.6 Å². The van der Waals surface area contributed by atoms with Gasteiger partial charge in [-0.25, -0.2) is 10.1 Å². The van der Waals surface area contributed by atoms with Gasteiger partial charge in [-0.2, -0.15) is 5.10 Å². The van der Waals surface area contributed by atoms with E-state index >= 15 is 0 Å². The average molecular weight is 608 g/mol. The predicted molar refractivity (Wildman–Crippen MR) is 129 cm³/mol. The molecule has 0 radical (unpaired) electrons. The van der Waals surface area contributed by atoms with E-state index in [1.54, 1.807) is 18.3 Å². The molecule has 156 valence electrons. The molecule has 0 saturated heterocycles. The van der Waals surface area contributed by atoms with E-state index in [4.69, 9.17) is 33.8 Å². The number of nitrogen functional groups attached to an aromatic ring is 1. The highest BCUT2D eigenvalue weighted by Gasteiger charge is 2.11. The summed E-state index contributed by atoms with van der Waals surface area (Å²) in [6.45, 7) is 0.266. The van der Waals surface area contributed by atoms with Crippen molar-refractivity contribution in [1.29, 1.82) is 0 Å². The first-order valence-electron chi connectivity index (χ1n) is 7.44. The largest absolute Gasteiger partial charge is 0.487 e. The van der Waals surface area contributed by atoms with Crippen LogP contribution in [0.1, 0.15) is 11.1 Å². The Morgan fingerprint density at radius 1 is 1.21 bits per heavy atom. The fourth-order valence-corrected chi connectivity index (χ4v) is 3.93. The second-order valence-electron chi connectivity index (χ2n) is 5.26. The van der Waals surface area contributed by atoms with Crippen molar-refractivity contribution in [3.8, 4) is 5.75 Å². The van der Waals surface area contributed by atoms with Gasteiger partial charge in [0.05, 0.1) is 10.7 Å². The lowest BCUT2D eigenvalue weighted by atomic mass is 10.2. The van der Waals surface area contributed by atoms with E-state index < -0.39 is 0 Å². The molecule has 3 N–H and O–H groups in total. The van der Waals surface area contributed by atoms with Crippen LogP contribution >= 0.6 is 79.9 Å². The third-order valence-electron chi connectivity index (χ3n) is 3.37. The van der Waals surface area contributed by atoms with Crippen molar-refractivity contribution in [2.24, 2.45) is 5.10 Å². The average Bonchev–Trinajstić information content (AvgIpc) is 3.00. The molecule has 1 aromatic heterocycles. The Bertz CT molecular complexity index is 1000. The van der Waals surface area contributed by atoms with Gasteiger partial charge in [0.25, 0.3) is 5.95 Å². The fourth-order valence-electron chi connectivity index (χ4n) is 2.10. The third kappa shape index (κ3) is 6.91. The van der Waals surface area contributed by atoms with E-state index in [0.29, 0.717) is 21.7 Å². The minimum atomic E-state index is 0. The molecule has 2 aromatic carbocycles. The van der Waals surface area contributed by atoms with E-state index in [9.17, 15) is 0 Å². The van der Waals surface area contributed by atoms with Gasteiger partial charge in [-0.05, 0) is 40.2 Å². The highest BCUT2D eigenvalue weighted by atomic mass is 79.9. The van der Waals surface area contributed by atoms with Gasteiger partial charge in [-0.1, -0.05) is 45.2 Å². The molecule has 3 aromatic rings. The predicted octanol–water partition coefficient (Wildman–Crippen LogP) is 5.69. The molecule has 0 fully saturated rings. The Labute approximate surface area is 206 Å². The standard InChI is InChI=1S/C16H12Br2Cl2N6O.2ClH/c17-11-3-10(6-22-24-16-25-23-8-26(16)21)15(13(18)4-11)27-7-9-1-2-12(19)5-14(9)20;;/h1-6,8H,7,21H2,(H,24,25);2*1H/b22-6+;;. The number of halogens is 6. The van der Waals surface area contributed by atoms with Gasteiger partial charge in [0.1, 0.15) is 18.7 Å². The Kier molecular flexibility index (Phi) is 10.5. The van der Waals surface area contributed by atoms with Crippen molar-refractivity contribution in [1.82, 2.24) is 14.9 Å². The second kappa shape index (κ2) is 11.8. The monoisotopic (exact) mass is 604 g/mol. The smallest absolute Gasteiger partial charge is 0.263 e.